The van der Waals surface area contributed by atoms with Gasteiger partial charge in [0, 0.05) is 36.3 Å². The minimum Gasteiger partial charge on any atom is -0.352 e. The van der Waals surface area contributed by atoms with Crippen LogP contribution in [0.3, 0.4) is 0 Å². The van der Waals surface area contributed by atoms with E-state index in [9.17, 15) is 8.42 Å². The maximum atomic E-state index is 13.0. The third-order valence-electron chi connectivity index (χ3n) is 5.21. The van der Waals surface area contributed by atoms with Gasteiger partial charge in [0.25, 0.3) is 0 Å². The highest BCUT2D eigenvalue weighted by molar-refractivity contribution is 7.95. The van der Waals surface area contributed by atoms with Gasteiger partial charge >= 0.3 is 0 Å². The molecule has 0 bridgehead atoms. The molecular formula is C26H24N2O2S. The standard InChI is InChI=1S/C26H24N2O2S/c29-31(30,20-8-7-11-22-9-3-1-4-10-22)26-21-27-18-19-28(26)25-16-14-24(15-17-25)23-12-5-2-6-13-23/h1-6,8-10,12-17,20,26-27H,18-19,21H2/b20-8+. The predicted octanol–water partition coefficient (Wildman–Crippen LogP) is 4.07. The molecule has 0 spiro atoms. The van der Waals surface area contributed by atoms with Crippen LogP contribution < -0.4 is 10.2 Å². The summed E-state index contributed by atoms with van der Waals surface area (Å²) in [6.07, 6.45) is 1.42. The van der Waals surface area contributed by atoms with Gasteiger partial charge in [-0.15, -0.1) is 0 Å². The molecule has 1 unspecified atom stereocenters. The Morgan fingerprint density at radius 1 is 0.871 bits per heavy atom. The minimum atomic E-state index is -3.52. The molecule has 3 aromatic carbocycles. The maximum absolute atomic E-state index is 13.0. The Morgan fingerprint density at radius 3 is 2.23 bits per heavy atom. The van der Waals surface area contributed by atoms with Crippen LogP contribution in [0.25, 0.3) is 11.1 Å². The highest BCUT2D eigenvalue weighted by Crippen LogP contribution is 2.26. The first-order valence-corrected chi connectivity index (χ1v) is 11.8. The third-order valence-corrected chi connectivity index (χ3v) is 6.91. The molecule has 1 N–H and O–H groups in total. The summed E-state index contributed by atoms with van der Waals surface area (Å²) in [6.45, 7) is 1.74. The lowest BCUT2D eigenvalue weighted by atomic mass is 10.1. The number of piperazine rings is 1. The zero-order chi connectivity index (χ0) is 21.5. The van der Waals surface area contributed by atoms with Crippen LogP contribution in [0.1, 0.15) is 5.56 Å². The summed E-state index contributed by atoms with van der Waals surface area (Å²) in [4.78, 5) is 1.95. The molecule has 0 amide bonds. The number of sulfone groups is 1. The van der Waals surface area contributed by atoms with E-state index in [0.717, 1.165) is 28.9 Å². The summed E-state index contributed by atoms with van der Waals surface area (Å²) < 4.78 is 26.1. The third kappa shape index (κ3) is 5.24. The van der Waals surface area contributed by atoms with Crippen molar-refractivity contribution < 1.29 is 8.42 Å². The molecule has 0 aliphatic carbocycles. The van der Waals surface area contributed by atoms with Crippen molar-refractivity contribution in [2.45, 2.75) is 5.37 Å². The Hall–Kier alpha value is -3.33. The zero-order valence-electron chi connectivity index (χ0n) is 17.1. The molecule has 5 heteroatoms. The van der Waals surface area contributed by atoms with Crippen molar-refractivity contribution in [1.29, 1.82) is 0 Å². The molecule has 0 radical (unpaired) electrons. The quantitative estimate of drug-likeness (QED) is 0.637. The van der Waals surface area contributed by atoms with E-state index in [-0.39, 0.29) is 0 Å². The molecular weight excluding hydrogens is 404 g/mol. The van der Waals surface area contributed by atoms with Gasteiger partial charge in [-0.1, -0.05) is 72.5 Å². The van der Waals surface area contributed by atoms with E-state index in [4.69, 9.17) is 0 Å². The van der Waals surface area contributed by atoms with Crippen molar-refractivity contribution in [2.75, 3.05) is 24.5 Å². The van der Waals surface area contributed by atoms with Crippen LogP contribution in [-0.2, 0) is 9.84 Å². The van der Waals surface area contributed by atoms with Crippen molar-refractivity contribution >= 4 is 15.5 Å². The van der Waals surface area contributed by atoms with Crippen LogP contribution in [0.4, 0.5) is 5.69 Å². The van der Waals surface area contributed by atoms with E-state index in [1.165, 1.54) is 11.5 Å². The fraction of sp³-hybridized carbons (Fsp3) is 0.154. The summed E-state index contributed by atoms with van der Waals surface area (Å²) in [5.74, 6) is 5.78. The van der Waals surface area contributed by atoms with Gasteiger partial charge in [-0.3, -0.25) is 0 Å². The summed E-state index contributed by atoms with van der Waals surface area (Å²) in [6, 6.07) is 27.7. The number of nitrogens with zero attached hydrogens (tertiary/aromatic N) is 1. The van der Waals surface area contributed by atoms with Crippen molar-refractivity contribution in [3.05, 3.63) is 102 Å². The molecule has 1 aliphatic rings. The SMILES string of the molecule is O=S(=O)(/C=C/C#Cc1ccccc1)C1CNCCN1c1ccc(-c2ccccc2)cc1. The van der Waals surface area contributed by atoms with E-state index in [1.54, 1.807) is 0 Å². The highest BCUT2D eigenvalue weighted by Gasteiger charge is 2.32. The van der Waals surface area contributed by atoms with Gasteiger partial charge in [0.1, 0.15) is 5.37 Å². The van der Waals surface area contributed by atoms with Crippen molar-refractivity contribution in [2.24, 2.45) is 0 Å². The van der Waals surface area contributed by atoms with Crippen LogP contribution in [0.2, 0.25) is 0 Å². The number of nitrogens with one attached hydrogen (secondary N) is 1. The van der Waals surface area contributed by atoms with Crippen LogP contribution >= 0.6 is 0 Å². The first-order chi connectivity index (χ1) is 15.1. The summed E-state index contributed by atoms with van der Waals surface area (Å²) in [5, 5.41) is 3.76. The Balaban J connectivity index is 1.53. The lowest BCUT2D eigenvalue weighted by molar-refractivity contribution is 0.524. The molecule has 4 nitrogen and oxygen atoms in total. The number of hydrogen-bond donors (Lipinski definition) is 1. The smallest absolute Gasteiger partial charge is 0.194 e. The predicted molar refractivity (Wildman–Crippen MR) is 127 cm³/mol. The fourth-order valence-corrected chi connectivity index (χ4v) is 4.98. The Kier molecular flexibility index (Phi) is 6.51. The molecule has 1 aliphatic heterocycles. The van der Waals surface area contributed by atoms with Gasteiger partial charge < -0.3 is 10.2 Å². The fourth-order valence-electron chi connectivity index (χ4n) is 3.61. The van der Waals surface area contributed by atoms with Crippen LogP contribution in [0.15, 0.2) is 96.4 Å². The maximum Gasteiger partial charge on any atom is 0.194 e. The Bertz CT molecular complexity index is 1190. The van der Waals surface area contributed by atoms with Crippen LogP contribution in [0, 0.1) is 11.8 Å². The molecule has 4 rings (SSSR count). The van der Waals surface area contributed by atoms with Gasteiger partial charge in [0.2, 0.25) is 0 Å². The second-order valence-corrected chi connectivity index (χ2v) is 9.29. The minimum absolute atomic E-state index is 0.374. The van der Waals surface area contributed by atoms with Crippen LogP contribution in [-0.4, -0.2) is 33.4 Å². The number of rotatable bonds is 4. The van der Waals surface area contributed by atoms with Crippen molar-refractivity contribution in [3.63, 3.8) is 0 Å². The zero-order valence-corrected chi connectivity index (χ0v) is 17.9. The largest absolute Gasteiger partial charge is 0.352 e. The van der Waals surface area contributed by atoms with E-state index < -0.39 is 15.2 Å². The van der Waals surface area contributed by atoms with Crippen LogP contribution in [0.5, 0.6) is 0 Å². The molecule has 1 saturated heterocycles. The second kappa shape index (κ2) is 9.65. The molecule has 156 valence electrons. The number of allylic oxidation sites excluding steroid dienone is 1. The summed E-state index contributed by atoms with van der Waals surface area (Å²) in [5.41, 5.74) is 4.00. The average molecular weight is 429 g/mol. The topological polar surface area (TPSA) is 49.4 Å². The highest BCUT2D eigenvalue weighted by atomic mass is 32.2. The van der Waals surface area contributed by atoms with Gasteiger partial charge in [-0.25, -0.2) is 8.42 Å². The molecule has 31 heavy (non-hydrogen) atoms. The first kappa shape index (κ1) is 20.9. The van der Waals surface area contributed by atoms with Gasteiger partial charge in [-0.05, 0) is 41.5 Å². The summed E-state index contributed by atoms with van der Waals surface area (Å²) >= 11 is 0. The van der Waals surface area contributed by atoms with E-state index in [1.807, 2.05) is 77.7 Å². The first-order valence-electron chi connectivity index (χ1n) is 10.2. The van der Waals surface area contributed by atoms with Gasteiger partial charge in [0.15, 0.2) is 9.84 Å². The van der Waals surface area contributed by atoms with E-state index in [2.05, 4.69) is 29.3 Å². The number of benzene rings is 3. The van der Waals surface area contributed by atoms with E-state index in [0.29, 0.717) is 13.1 Å². The van der Waals surface area contributed by atoms with Crippen molar-refractivity contribution in [1.82, 2.24) is 5.32 Å². The number of anilines is 1. The molecule has 1 fully saturated rings. The summed E-state index contributed by atoms with van der Waals surface area (Å²) in [7, 11) is -3.52. The molecule has 1 heterocycles. The molecule has 3 aromatic rings. The molecule has 1 atom stereocenters. The Labute approximate surface area is 184 Å². The van der Waals surface area contributed by atoms with Gasteiger partial charge in [0.05, 0.1) is 0 Å². The normalized spacial score (nSPS) is 16.6. The molecule has 0 saturated carbocycles. The van der Waals surface area contributed by atoms with Gasteiger partial charge in [-0.2, -0.15) is 0 Å². The van der Waals surface area contributed by atoms with E-state index >= 15 is 0 Å². The molecule has 0 aromatic heterocycles. The lowest BCUT2D eigenvalue weighted by Crippen LogP contribution is -2.54. The average Bonchev–Trinajstić information content (AvgIpc) is 2.83. The second-order valence-electron chi connectivity index (χ2n) is 7.29. The number of hydrogen-bond acceptors (Lipinski definition) is 4. The monoisotopic (exact) mass is 428 g/mol. The van der Waals surface area contributed by atoms with Crippen molar-refractivity contribution in [3.8, 4) is 23.0 Å². The Morgan fingerprint density at radius 2 is 1.52 bits per heavy atom. The lowest BCUT2D eigenvalue weighted by Gasteiger charge is -2.36.